The number of hydrogen-bond acceptors (Lipinski definition) is 5. The van der Waals surface area contributed by atoms with Crippen LogP contribution in [0.2, 0.25) is 0 Å². The summed E-state index contributed by atoms with van der Waals surface area (Å²) in [6.45, 7) is -0.795. The molecule has 1 saturated heterocycles. The molecule has 0 spiro atoms. The largest absolute Gasteiger partial charge is 0.481 e. The van der Waals surface area contributed by atoms with Gasteiger partial charge in [0.25, 0.3) is 5.91 Å². The number of likely N-dealkylation sites (N-methyl/N-ethyl adjacent to an activating group) is 1. The van der Waals surface area contributed by atoms with Crippen LogP contribution in [0.4, 0.5) is 40.8 Å². The quantitative estimate of drug-likeness (QED) is 0.413. The summed E-state index contributed by atoms with van der Waals surface area (Å²) >= 11 is 0. The average Bonchev–Trinajstić information content (AvgIpc) is 3.36. The summed E-state index contributed by atoms with van der Waals surface area (Å²) in [7, 11) is -3.37. The highest BCUT2D eigenvalue weighted by Crippen LogP contribution is 2.58. The van der Waals surface area contributed by atoms with Crippen molar-refractivity contribution in [2.45, 2.75) is 71.5 Å². The predicted molar refractivity (Wildman–Crippen MR) is 143 cm³/mol. The number of fused-ring (bicyclic) bond motifs is 3. The molecule has 2 unspecified atom stereocenters. The van der Waals surface area contributed by atoms with E-state index in [9.17, 15) is 49.5 Å². The number of sulfone groups is 1. The number of anilines is 1. The highest BCUT2D eigenvalue weighted by atomic mass is 32.2. The molecule has 2 aliphatic heterocycles. The van der Waals surface area contributed by atoms with Crippen molar-refractivity contribution in [1.82, 2.24) is 4.90 Å². The van der Waals surface area contributed by atoms with Gasteiger partial charge in [-0.2, -0.15) is 26.3 Å². The fourth-order valence-corrected chi connectivity index (χ4v) is 9.31. The molecule has 2 atom stereocenters. The van der Waals surface area contributed by atoms with Crippen LogP contribution < -0.4 is 4.90 Å². The molecule has 2 aromatic carbocycles. The maximum Gasteiger partial charge on any atom is 0.435 e. The monoisotopic (exact) mass is 668 g/mol. The molecule has 246 valence electrons. The van der Waals surface area contributed by atoms with Gasteiger partial charge in [-0.05, 0) is 55.9 Å². The van der Waals surface area contributed by atoms with Gasteiger partial charge in [-0.3, -0.25) is 9.59 Å². The molecule has 1 saturated carbocycles. The van der Waals surface area contributed by atoms with Crippen LogP contribution in [0.1, 0.15) is 43.2 Å². The fourth-order valence-electron chi connectivity index (χ4n) is 6.99. The molecule has 2 aromatic rings. The van der Waals surface area contributed by atoms with Crippen LogP contribution in [-0.2, 0) is 29.8 Å². The first-order chi connectivity index (χ1) is 20.7. The molecule has 1 aliphatic carbocycles. The molecule has 1 N–H and O–H groups in total. The van der Waals surface area contributed by atoms with E-state index in [4.69, 9.17) is 0 Å². The average molecular weight is 669 g/mol. The fraction of sp³-hybridized carbons (Fsp3) is 0.517. The second kappa shape index (κ2) is 10.6. The number of carboxylic acid groups (broad SMARTS) is 1. The van der Waals surface area contributed by atoms with Gasteiger partial charge in [0, 0.05) is 31.4 Å². The van der Waals surface area contributed by atoms with Crippen LogP contribution in [-0.4, -0.2) is 74.5 Å². The van der Waals surface area contributed by atoms with Crippen LogP contribution in [0.5, 0.6) is 0 Å². The molecule has 2 fully saturated rings. The summed E-state index contributed by atoms with van der Waals surface area (Å²) in [6, 6.07) is 6.70. The lowest BCUT2D eigenvalue weighted by Gasteiger charge is -2.47. The summed E-state index contributed by atoms with van der Waals surface area (Å²) in [5.41, 5.74) is -10.8. The molecule has 2 heterocycles. The SMILES string of the molecule is CN1CC2N(C(=O)[C@]3(F)CC[C@@H](C(=O)O)CC3)CCC2(S(=O)(=O)c2ccccc2)c2ccc(C(F)(C(F)(F)F)C(F)(F)F)cc21. The van der Waals surface area contributed by atoms with Gasteiger partial charge >= 0.3 is 24.0 Å². The minimum atomic E-state index is -6.41. The van der Waals surface area contributed by atoms with E-state index in [1.807, 2.05) is 0 Å². The van der Waals surface area contributed by atoms with E-state index >= 15 is 8.78 Å². The normalized spacial score (nSPS) is 27.6. The zero-order chi connectivity index (χ0) is 33.4. The maximum atomic E-state index is 16.2. The number of carbonyl (C=O) groups is 2. The summed E-state index contributed by atoms with van der Waals surface area (Å²) in [5, 5.41) is 9.29. The van der Waals surface area contributed by atoms with Gasteiger partial charge in [0.15, 0.2) is 15.5 Å². The summed E-state index contributed by atoms with van der Waals surface area (Å²) in [6.07, 6.45) is -14.4. The lowest BCUT2D eigenvalue weighted by atomic mass is 9.78. The number of halogens is 8. The Bertz CT molecular complexity index is 1590. The molecule has 0 bridgehead atoms. The summed E-state index contributed by atoms with van der Waals surface area (Å²) in [5.74, 6) is -3.08. The Kier molecular flexibility index (Phi) is 7.73. The molecule has 16 heteroatoms. The number of alkyl halides is 8. The molecule has 1 amide bonds. The van der Waals surface area contributed by atoms with Crippen molar-refractivity contribution in [1.29, 1.82) is 0 Å². The van der Waals surface area contributed by atoms with Crippen LogP contribution in [0, 0.1) is 5.92 Å². The topological polar surface area (TPSA) is 95.0 Å². The van der Waals surface area contributed by atoms with Gasteiger partial charge in [0.1, 0.15) is 4.75 Å². The van der Waals surface area contributed by atoms with Crippen molar-refractivity contribution in [3.8, 4) is 0 Å². The highest BCUT2D eigenvalue weighted by Gasteiger charge is 2.74. The van der Waals surface area contributed by atoms with E-state index in [-0.39, 0.29) is 35.9 Å². The van der Waals surface area contributed by atoms with Crippen molar-refractivity contribution in [2.75, 3.05) is 25.0 Å². The van der Waals surface area contributed by atoms with Crippen molar-refractivity contribution in [2.24, 2.45) is 5.92 Å². The van der Waals surface area contributed by atoms with Gasteiger partial charge in [-0.1, -0.05) is 30.3 Å². The van der Waals surface area contributed by atoms with Crippen molar-refractivity contribution in [3.63, 3.8) is 0 Å². The smallest absolute Gasteiger partial charge is 0.435 e. The Balaban J connectivity index is 1.67. The number of hydrogen-bond donors (Lipinski definition) is 1. The number of likely N-dealkylation sites (tertiary alicyclic amines) is 1. The third-order valence-corrected chi connectivity index (χ3v) is 12.0. The second-order valence-electron chi connectivity index (χ2n) is 11.8. The molecular weight excluding hydrogens is 640 g/mol. The number of benzene rings is 2. The summed E-state index contributed by atoms with van der Waals surface area (Å²) < 4.78 is 140. The molecule has 0 radical (unpaired) electrons. The first-order valence-electron chi connectivity index (χ1n) is 13.9. The molecule has 7 nitrogen and oxygen atoms in total. The number of carboxylic acids is 1. The summed E-state index contributed by atoms with van der Waals surface area (Å²) in [4.78, 5) is 27.0. The van der Waals surface area contributed by atoms with Gasteiger partial charge < -0.3 is 14.9 Å². The van der Waals surface area contributed by atoms with Gasteiger partial charge in [0.05, 0.1) is 16.9 Å². The minimum Gasteiger partial charge on any atom is -0.481 e. The third kappa shape index (κ3) is 4.76. The van der Waals surface area contributed by atoms with Crippen molar-refractivity contribution >= 4 is 27.4 Å². The third-order valence-electron chi connectivity index (χ3n) is 9.43. The number of aliphatic carboxylic acids is 1. The number of nitrogens with zero attached hydrogens (tertiary/aromatic N) is 2. The second-order valence-corrected chi connectivity index (χ2v) is 14.0. The van der Waals surface area contributed by atoms with Crippen LogP contribution in [0.25, 0.3) is 0 Å². The van der Waals surface area contributed by atoms with E-state index in [1.54, 1.807) is 0 Å². The first kappa shape index (κ1) is 32.9. The first-order valence-corrected chi connectivity index (χ1v) is 15.4. The standard InChI is InChI=1S/C29H28F8N2O5S/c1-38-16-22-26(45(43,44)19-5-3-2-4-6-19,13-14-39(22)24(42)25(30)11-9-17(10-12-25)23(40)41)20-8-7-18(15-21(20)38)27(31,28(32,33)34)29(35,36)37/h2-8,15,17,22H,9-14,16H2,1H3,(H,40,41)/t17-,22?,25+,26?. The van der Waals surface area contributed by atoms with E-state index in [2.05, 4.69) is 0 Å². The van der Waals surface area contributed by atoms with E-state index in [0.29, 0.717) is 12.1 Å². The Morgan fingerprint density at radius 3 is 2.02 bits per heavy atom. The molecular formula is C29H28F8N2O5S. The number of carbonyl (C=O) groups excluding carboxylic acids is 1. The Labute approximate surface area is 252 Å². The Hall–Kier alpha value is -3.43. The van der Waals surface area contributed by atoms with Crippen LogP contribution in [0.3, 0.4) is 0 Å². The van der Waals surface area contributed by atoms with E-state index in [0.717, 1.165) is 9.80 Å². The lowest BCUT2D eigenvalue weighted by Crippen LogP contribution is -2.60. The van der Waals surface area contributed by atoms with Crippen molar-refractivity contribution < 1.29 is 58.2 Å². The number of amides is 1. The van der Waals surface area contributed by atoms with E-state index in [1.165, 1.54) is 37.4 Å². The van der Waals surface area contributed by atoms with Gasteiger partial charge in [-0.25, -0.2) is 17.2 Å². The van der Waals surface area contributed by atoms with Gasteiger partial charge in [-0.15, -0.1) is 0 Å². The minimum absolute atomic E-state index is 0.140. The molecule has 45 heavy (non-hydrogen) atoms. The Morgan fingerprint density at radius 2 is 1.49 bits per heavy atom. The highest BCUT2D eigenvalue weighted by molar-refractivity contribution is 7.92. The van der Waals surface area contributed by atoms with Crippen LogP contribution in [0.15, 0.2) is 53.4 Å². The van der Waals surface area contributed by atoms with Gasteiger partial charge in [0.2, 0.25) is 0 Å². The molecule has 3 aliphatic rings. The molecule has 0 aromatic heterocycles. The zero-order valence-corrected chi connectivity index (χ0v) is 24.4. The van der Waals surface area contributed by atoms with Crippen LogP contribution >= 0.6 is 0 Å². The van der Waals surface area contributed by atoms with Crippen molar-refractivity contribution in [3.05, 3.63) is 59.7 Å². The number of rotatable bonds is 5. The lowest BCUT2D eigenvalue weighted by molar-refractivity contribution is -0.348. The Morgan fingerprint density at radius 1 is 0.911 bits per heavy atom. The predicted octanol–water partition coefficient (Wildman–Crippen LogP) is 5.68. The maximum absolute atomic E-state index is 16.2. The molecule has 5 rings (SSSR count). The van der Waals surface area contributed by atoms with E-state index < -0.39 is 99.2 Å². The zero-order valence-electron chi connectivity index (χ0n) is 23.6.